The van der Waals surface area contributed by atoms with E-state index in [0.717, 1.165) is 11.3 Å². The molecule has 0 unspecified atom stereocenters. The van der Waals surface area contributed by atoms with Crippen LogP contribution in [0.3, 0.4) is 0 Å². The molecule has 1 aromatic carbocycles. The molecule has 12 heavy (non-hydrogen) atoms. The summed E-state index contributed by atoms with van der Waals surface area (Å²) in [6.07, 6.45) is 0. The summed E-state index contributed by atoms with van der Waals surface area (Å²) in [5.74, 6) is 0.760. The van der Waals surface area contributed by atoms with Gasteiger partial charge in [-0.2, -0.15) is 0 Å². The fraction of sp³-hybridized carbons (Fsp3) is 0.222. The van der Waals surface area contributed by atoms with E-state index in [2.05, 4.69) is 5.16 Å². The summed E-state index contributed by atoms with van der Waals surface area (Å²) in [4.78, 5) is 0. The number of hydrogen-bond acceptors (Lipinski definition) is 3. The second-order valence-electron chi connectivity index (χ2n) is 2.42. The van der Waals surface area contributed by atoms with E-state index < -0.39 is 0 Å². The molecular weight excluding hydrogens is 154 g/mol. The molecule has 0 aliphatic rings. The zero-order valence-electron chi connectivity index (χ0n) is 7.11. The van der Waals surface area contributed by atoms with Crippen molar-refractivity contribution in [3.8, 4) is 5.75 Å². The summed E-state index contributed by atoms with van der Waals surface area (Å²) in [6.45, 7) is 1.73. The first-order valence-corrected chi connectivity index (χ1v) is 3.61. The minimum absolute atomic E-state index is 0.578. The van der Waals surface area contributed by atoms with Crippen LogP contribution in [0.4, 0.5) is 0 Å². The number of hydrogen-bond donors (Lipinski definition) is 1. The van der Waals surface area contributed by atoms with E-state index in [-0.39, 0.29) is 0 Å². The smallest absolute Gasteiger partial charge is 0.119 e. The van der Waals surface area contributed by atoms with Crippen LogP contribution in [0, 0.1) is 0 Å². The molecule has 1 rings (SSSR count). The van der Waals surface area contributed by atoms with E-state index in [0.29, 0.717) is 5.71 Å². The number of rotatable bonds is 2. The van der Waals surface area contributed by atoms with Gasteiger partial charge in [0.05, 0.1) is 12.8 Å². The molecule has 1 aromatic rings. The third-order valence-electron chi connectivity index (χ3n) is 1.64. The van der Waals surface area contributed by atoms with Crippen LogP contribution >= 0.6 is 0 Å². The van der Waals surface area contributed by atoms with Crippen molar-refractivity contribution in [1.29, 1.82) is 0 Å². The Balaban J connectivity index is 3.02. The Hall–Kier alpha value is -1.51. The maximum Gasteiger partial charge on any atom is 0.119 e. The van der Waals surface area contributed by atoms with E-state index >= 15 is 0 Å². The van der Waals surface area contributed by atoms with Gasteiger partial charge in [-0.1, -0.05) is 17.3 Å². The van der Waals surface area contributed by atoms with E-state index in [1.54, 1.807) is 14.0 Å². The molecule has 0 heterocycles. The van der Waals surface area contributed by atoms with Gasteiger partial charge < -0.3 is 9.94 Å². The average Bonchev–Trinajstić information content (AvgIpc) is 2.17. The molecule has 0 aliphatic heterocycles. The fourth-order valence-electron chi connectivity index (χ4n) is 0.906. The lowest BCUT2D eigenvalue weighted by atomic mass is 10.1. The van der Waals surface area contributed by atoms with Gasteiger partial charge in [0.15, 0.2) is 0 Å². The molecule has 3 heteroatoms. The Labute approximate surface area is 71.3 Å². The number of ether oxygens (including phenoxy) is 1. The summed E-state index contributed by atoms with van der Waals surface area (Å²) >= 11 is 0. The molecule has 0 atom stereocenters. The van der Waals surface area contributed by atoms with Gasteiger partial charge in [0, 0.05) is 5.56 Å². The van der Waals surface area contributed by atoms with Crippen LogP contribution < -0.4 is 4.74 Å². The van der Waals surface area contributed by atoms with Crippen molar-refractivity contribution in [2.75, 3.05) is 7.11 Å². The maximum atomic E-state index is 8.50. The van der Waals surface area contributed by atoms with Crippen molar-refractivity contribution in [1.82, 2.24) is 0 Å². The standard InChI is InChI=1S/C9H11NO2/c1-7(10-11)8-4-3-5-9(6-8)12-2/h3-6,11H,1-2H3/b10-7+. The highest BCUT2D eigenvalue weighted by molar-refractivity contribution is 5.98. The lowest BCUT2D eigenvalue weighted by Gasteiger charge is -2.01. The number of methoxy groups -OCH3 is 1. The van der Waals surface area contributed by atoms with Crippen LogP contribution in [0.5, 0.6) is 5.75 Å². The molecule has 0 saturated heterocycles. The molecule has 0 saturated carbocycles. The Kier molecular flexibility index (Phi) is 2.69. The van der Waals surface area contributed by atoms with Crippen LogP contribution in [0.1, 0.15) is 12.5 Å². The van der Waals surface area contributed by atoms with Gasteiger partial charge >= 0.3 is 0 Å². The first kappa shape index (κ1) is 8.59. The Morgan fingerprint density at radius 1 is 1.50 bits per heavy atom. The van der Waals surface area contributed by atoms with E-state index in [1.165, 1.54) is 0 Å². The number of nitrogens with zero attached hydrogens (tertiary/aromatic N) is 1. The second kappa shape index (κ2) is 3.76. The molecule has 64 valence electrons. The Bertz CT molecular complexity index is 294. The number of benzene rings is 1. The molecule has 0 amide bonds. The summed E-state index contributed by atoms with van der Waals surface area (Å²) in [6, 6.07) is 7.36. The molecule has 0 aliphatic carbocycles. The third-order valence-corrected chi connectivity index (χ3v) is 1.64. The lowest BCUT2D eigenvalue weighted by Crippen LogP contribution is -1.94. The molecular formula is C9H11NO2. The maximum absolute atomic E-state index is 8.50. The van der Waals surface area contributed by atoms with Crippen molar-refractivity contribution < 1.29 is 9.94 Å². The van der Waals surface area contributed by atoms with Crippen molar-refractivity contribution >= 4 is 5.71 Å². The van der Waals surface area contributed by atoms with Gasteiger partial charge in [-0.3, -0.25) is 0 Å². The van der Waals surface area contributed by atoms with Crippen LogP contribution in [-0.2, 0) is 0 Å². The highest BCUT2D eigenvalue weighted by Gasteiger charge is 1.98. The third kappa shape index (κ3) is 1.75. The van der Waals surface area contributed by atoms with E-state index in [4.69, 9.17) is 9.94 Å². The van der Waals surface area contributed by atoms with Crippen molar-refractivity contribution in [3.63, 3.8) is 0 Å². The molecule has 0 aromatic heterocycles. The van der Waals surface area contributed by atoms with Gasteiger partial charge in [-0.05, 0) is 19.1 Å². The SMILES string of the molecule is COc1cccc(/C(C)=N/O)c1. The summed E-state index contributed by atoms with van der Waals surface area (Å²) in [5, 5.41) is 11.6. The Morgan fingerprint density at radius 2 is 2.25 bits per heavy atom. The molecule has 1 N–H and O–H groups in total. The van der Waals surface area contributed by atoms with Gasteiger partial charge in [0.2, 0.25) is 0 Å². The zero-order chi connectivity index (χ0) is 8.97. The van der Waals surface area contributed by atoms with E-state index in [9.17, 15) is 0 Å². The molecule has 0 fully saturated rings. The zero-order valence-corrected chi connectivity index (χ0v) is 7.11. The highest BCUT2D eigenvalue weighted by Crippen LogP contribution is 2.12. The molecule has 0 spiro atoms. The molecule has 0 radical (unpaired) electrons. The van der Waals surface area contributed by atoms with Crippen LogP contribution in [-0.4, -0.2) is 18.0 Å². The van der Waals surface area contributed by atoms with Gasteiger partial charge in [-0.25, -0.2) is 0 Å². The lowest BCUT2D eigenvalue weighted by molar-refractivity contribution is 0.319. The first-order chi connectivity index (χ1) is 5.77. The number of oxime groups is 1. The predicted octanol–water partition coefficient (Wildman–Crippen LogP) is 1.89. The van der Waals surface area contributed by atoms with Crippen LogP contribution in [0.2, 0.25) is 0 Å². The van der Waals surface area contributed by atoms with E-state index in [1.807, 2.05) is 24.3 Å². The second-order valence-corrected chi connectivity index (χ2v) is 2.42. The summed E-state index contributed by atoms with van der Waals surface area (Å²) in [5.41, 5.74) is 1.44. The minimum atomic E-state index is 0.578. The summed E-state index contributed by atoms with van der Waals surface area (Å²) < 4.78 is 5.01. The van der Waals surface area contributed by atoms with Gasteiger partial charge in [0.25, 0.3) is 0 Å². The minimum Gasteiger partial charge on any atom is -0.497 e. The van der Waals surface area contributed by atoms with Gasteiger partial charge in [0.1, 0.15) is 5.75 Å². The highest BCUT2D eigenvalue weighted by atomic mass is 16.5. The van der Waals surface area contributed by atoms with Crippen molar-refractivity contribution in [2.24, 2.45) is 5.16 Å². The van der Waals surface area contributed by atoms with Crippen molar-refractivity contribution in [2.45, 2.75) is 6.92 Å². The normalized spacial score (nSPS) is 11.3. The Morgan fingerprint density at radius 3 is 2.83 bits per heavy atom. The van der Waals surface area contributed by atoms with Crippen LogP contribution in [0.15, 0.2) is 29.4 Å². The quantitative estimate of drug-likeness (QED) is 0.413. The summed E-state index contributed by atoms with van der Waals surface area (Å²) in [7, 11) is 1.60. The molecule has 0 bridgehead atoms. The first-order valence-electron chi connectivity index (χ1n) is 3.61. The van der Waals surface area contributed by atoms with Crippen molar-refractivity contribution in [3.05, 3.63) is 29.8 Å². The van der Waals surface area contributed by atoms with Crippen LogP contribution in [0.25, 0.3) is 0 Å². The largest absolute Gasteiger partial charge is 0.497 e. The van der Waals surface area contributed by atoms with Gasteiger partial charge in [-0.15, -0.1) is 0 Å². The fourth-order valence-corrected chi connectivity index (χ4v) is 0.906. The molecule has 3 nitrogen and oxygen atoms in total. The topological polar surface area (TPSA) is 41.8 Å². The average molecular weight is 165 g/mol. The monoisotopic (exact) mass is 165 g/mol. The predicted molar refractivity (Wildman–Crippen MR) is 47.0 cm³/mol.